The van der Waals surface area contributed by atoms with Crippen molar-refractivity contribution in [3.63, 3.8) is 0 Å². The molecule has 0 saturated heterocycles. The highest BCUT2D eigenvalue weighted by Gasteiger charge is 2.01. The molecule has 0 bridgehead atoms. The van der Waals surface area contributed by atoms with E-state index in [1.165, 1.54) is 0 Å². The Hall–Kier alpha value is -1.69. The maximum Gasteiger partial charge on any atom is 0.322 e. The second-order valence-electron chi connectivity index (χ2n) is 2.72. The average molecular weight is 209 g/mol. The van der Waals surface area contributed by atoms with Gasteiger partial charge in [0.2, 0.25) is 0 Å². The summed E-state index contributed by atoms with van der Waals surface area (Å²) in [5.74, 6) is -0.888. The van der Waals surface area contributed by atoms with Gasteiger partial charge < -0.3 is 10.4 Å². The minimum absolute atomic E-state index is 0.0942. The molecule has 6 heteroatoms. The Morgan fingerprint density at radius 3 is 3.00 bits per heavy atom. The van der Waals surface area contributed by atoms with Gasteiger partial charge >= 0.3 is 5.97 Å². The maximum absolute atomic E-state index is 10.3. The predicted molar refractivity (Wildman–Crippen MR) is 53.5 cm³/mol. The van der Waals surface area contributed by atoms with Crippen molar-refractivity contribution in [2.75, 3.05) is 11.9 Å². The minimum atomic E-state index is -0.888. The SMILES string of the molecule is O=C(O)CNc1ccc2nsnc2c1. The van der Waals surface area contributed by atoms with Crippen molar-refractivity contribution in [3.05, 3.63) is 18.2 Å². The molecular formula is C8H7N3O2S. The van der Waals surface area contributed by atoms with Crippen LogP contribution < -0.4 is 5.32 Å². The van der Waals surface area contributed by atoms with Gasteiger partial charge in [0.15, 0.2) is 0 Å². The zero-order chi connectivity index (χ0) is 9.97. The third-order valence-corrected chi connectivity index (χ3v) is 2.25. The molecule has 2 aromatic rings. The normalized spacial score (nSPS) is 10.3. The number of nitrogens with one attached hydrogen (secondary N) is 1. The van der Waals surface area contributed by atoms with Crippen LogP contribution in [0.4, 0.5) is 5.69 Å². The van der Waals surface area contributed by atoms with E-state index in [1.54, 1.807) is 12.1 Å². The van der Waals surface area contributed by atoms with Crippen molar-refractivity contribution in [1.29, 1.82) is 0 Å². The second-order valence-corrected chi connectivity index (χ2v) is 3.24. The number of aliphatic carboxylic acids is 1. The Kier molecular flexibility index (Phi) is 2.28. The van der Waals surface area contributed by atoms with Gasteiger partial charge in [0.25, 0.3) is 0 Å². The summed E-state index contributed by atoms with van der Waals surface area (Å²) in [6, 6.07) is 5.37. The van der Waals surface area contributed by atoms with E-state index in [1.807, 2.05) is 6.07 Å². The van der Waals surface area contributed by atoms with Gasteiger partial charge in [-0.2, -0.15) is 8.75 Å². The first-order valence-electron chi connectivity index (χ1n) is 3.94. The van der Waals surface area contributed by atoms with Gasteiger partial charge in [0.1, 0.15) is 17.6 Å². The van der Waals surface area contributed by atoms with Crippen LogP contribution in [-0.4, -0.2) is 26.4 Å². The van der Waals surface area contributed by atoms with E-state index in [0.717, 1.165) is 28.4 Å². The number of nitrogens with zero attached hydrogens (tertiary/aromatic N) is 2. The number of fused-ring (bicyclic) bond motifs is 1. The van der Waals surface area contributed by atoms with E-state index in [2.05, 4.69) is 14.1 Å². The summed E-state index contributed by atoms with van der Waals surface area (Å²) >= 11 is 1.14. The molecule has 0 saturated carbocycles. The van der Waals surface area contributed by atoms with Crippen LogP contribution in [0.3, 0.4) is 0 Å². The van der Waals surface area contributed by atoms with Crippen molar-refractivity contribution < 1.29 is 9.90 Å². The number of aromatic nitrogens is 2. The van der Waals surface area contributed by atoms with E-state index >= 15 is 0 Å². The molecule has 1 aromatic heterocycles. The number of hydrogen-bond acceptors (Lipinski definition) is 5. The number of benzene rings is 1. The maximum atomic E-state index is 10.3. The highest BCUT2D eigenvalue weighted by molar-refractivity contribution is 7.00. The number of rotatable bonds is 3. The molecule has 72 valence electrons. The van der Waals surface area contributed by atoms with Crippen molar-refractivity contribution in [2.24, 2.45) is 0 Å². The van der Waals surface area contributed by atoms with Crippen LogP contribution in [-0.2, 0) is 4.79 Å². The largest absolute Gasteiger partial charge is 0.480 e. The molecule has 0 fully saturated rings. The fourth-order valence-electron chi connectivity index (χ4n) is 1.07. The first-order valence-corrected chi connectivity index (χ1v) is 4.67. The van der Waals surface area contributed by atoms with Gasteiger partial charge in [-0.05, 0) is 18.2 Å². The van der Waals surface area contributed by atoms with Crippen LogP contribution in [0, 0.1) is 0 Å². The Morgan fingerprint density at radius 2 is 2.21 bits per heavy atom. The number of carboxylic acids is 1. The molecule has 0 unspecified atom stereocenters. The molecule has 2 rings (SSSR count). The Morgan fingerprint density at radius 1 is 1.43 bits per heavy atom. The van der Waals surface area contributed by atoms with E-state index in [0.29, 0.717) is 0 Å². The monoisotopic (exact) mass is 209 g/mol. The molecule has 1 heterocycles. The van der Waals surface area contributed by atoms with Crippen LogP contribution in [0.2, 0.25) is 0 Å². The van der Waals surface area contributed by atoms with E-state index in [4.69, 9.17) is 5.11 Å². The lowest BCUT2D eigenvalue weighted by Crippen LogP contribution is -2.12. The topological polar surface area (TPSA) is 75.1 Å². The highest BCUT2D eigenvalue weighted by Crippen LogP contribution is 2.16. The number of carbonyl (C=O) groups is 1. The Balaban J connectivity index is 2.21. The van der Waals surface area contributed by atoms with Gasteiger partial charge in [0, 0.05) is 5.69 Å². The molecule has 1 aromatic carbocycles. The molecule has 0 aliphatic carbocycles. The molecule has 0 atom stereocenters. The van der Waals surface area contributed by atoms with Crippen molar-refractivity contribution in [3.8, 4) is 0 Å². The summed E-state index contributed by atoms with van der Waals surface area (Å²) in [5.41, 5.74) is 2.36. The zero-order valence-corrected chi connectivity index (χ0v) is 7.91. The Labute approximate surface area is 83.7 Å². The third kappa shape index (κ3) is 1.80. The van der Waals surface area contributed by atoms with Crippen LogP contribution in [0.1, 0.15) is 0 Å². The summed E-state index contributed by atoms with van der Waals surface area (Å²) in [7, 11) is 0. The summed E-state index contributed by atoms with van der Waals surface area (Å²) in [6.07, 6.45) is 0. The van der Waals surface area contributed by atoms with Crippen LogP contribution in [0.15, 0.2) is 18.2 Å². The summed E-state index contributed by atoms with van der Waals surface area (Å²) in [4.78, 5) is 10.3. The van der Waals surface area contributed by atoms with Crippen molar-refractivity contribution in [1.82, 2.24) is 8.75 Å². The van der Waals surface area contributed by atoms with Gasteiger partial charge in [-0.15, -0.1) is 0 Å². The molecule has 5 nitrogen and oxygen atoms in total. The van der Waals surface area contributed by atoms with Crippen molar-refractivity contribution in [2.45, 2.75) is 0 Å². The fourth-order valence-corrected chi connectivity index (χ4v) is 1.59. The van der Waals surface area contributed by atoms with Gasteiger partial charge in [-0.25, -0.2) is 0 Å². The van der Waals surface area contributed by atoms with Crippen molar-refractivity contribution >= 4 is 34.4 Å². The second kappa shape index (κ2) is 3.59. The molecule has 0 radical (unpaired) electrons. The van der Waals surface area contributed by atoms with Gasteiger partial charge in [-0.3, -0.25) is 4.79 Å². The lowest BCUT2D eigenvalue weighted by molar-refractivity contribution is -0.134. The van der Waals surface area contributed by atoms with E-state index in [9.17, 15) is 4.79 Å². The molecule has 2 N–H and O–H groups in total. The summed E-state index contributed by atoms with van der Waals surface area (Å²) in [6.45, 7) is -0.0942. The lowest BCUT2D eigenvalue weighted by atomic mass is 10.3. The quantitative estimate of drug-likeness (QED) is 0.794. The van der Waals surface area contributed by atoms with E-state index in [-0.39, 0.29) is 6.54 Å². The predicted octanol–water partition coefficient (Wildman–Crippen LogP) is 1.19. The smallest absolute Gasteiger partial charge is 0.322 e. The summed E-state index contributed by atoms with van der Waals surface area (Å²) < 4.78 is 8.09. The molecular weight excluding hydrogens is 202 g/mol. The fraction of sp³-hybridized carbons (Fsp3) is 0.125. The highest BCUT2D eigenvalue weighted by atomic mass is 32.1. The Bertz CT molecular complexity index is 468. The van der Waals surface area contributed by atoms with Crippen LogP contribution in [0.5, 0.6) is 0 Å². The zero-order valence-electron chi connectivity index (χ0n) is 7.10. The molecule has 14 heavy (non-hydrogen) atoms. The third-order valence-electron chi connectivity index (χ3n) is 1.70. The average Bonchev–Trinajstić information content (AvgIpc) is 2.61. The lowest BCUT2D eigenvalue weighted by Gasteiger charge is -2.01. The summed E-state index contributed by atoms with van der Waals surface area (Å²) in [5, 5.41) is 11.2. The molecule has 0 amide bonds. The number of anilines is 1. The molecule has 0 spiro atoms. The number of carboxylic acid groups (broad SMARTS) is 1. The number of hydrogen-bond donors (Lipinski definition) is 2. The standard InChI is InChI=1S/C8H7N3O2S/c12-8(13)4-9-5-1-2-6-7(3-5)11-14-10-6/h1-3,9H,4H2,(H,12,13). The van der Waals surface area contributed by atoms with Gasteiger partial charge in [0.05, 0.1) is 11.7 Å². The van der Waals surface area contributed by atoms with E-state index < -0.39 is 5.97 Å². The van der Waals surface area contributed by atoms with Gasteiger partial charge in [-0.1, -0.05) is 0 Å². The first kappa shape index (κ1) is 8.89. The minimum Gasteiger partial charge on any atom is -0.480 e. The van der Waals surface area contributed by atoms with Crippen LogP contribution >= 0.6 is 11.7 Å². The molecule has 0 aliphatic heterocycles. The van der Waals surface area contributed by atoms with Crippen LogP contribution in [0.25, 0.3) is 11.0 Å². The molecule has 0 aliphatic rings. The first-order chi connectivity index (χ1) is 6.75.